The summed E-state index contributed by atoms with van der Waals surface area (Å²) in [5, 5.41) is 5.96. The van der Waals surface area contributed by atoms with Crippen LogP contribution in [0.3, 0.4) is 0 Å². The van der Waals surface area contributed by atoms with E-state index in [0.29, 0.717) is 5.56 Å². The van der Waals surface area contributed by atoms with E-state index in [1.165, 1.54) is 16.3 Å². The Morgan fingerprint density at radius 3 is 2.37 bits per heavy atom. The van der Waals surface area contributed by atoms with Crippen molar-refractivity contribution < 1.29 is 4.79 Å². The third kappa shape index (κ3) is 3.22. The molecular weight excluding hydrogens is 368 g/mol. The molecule has 1 aliphatic heterocycles. The Morgan fingerprint density at radius 2 is 1.57 bits per heavy atom. The van der Waals surface area contributed by atoms with Crippen molar-refractivity contribution in [1.82, 2.24) is 0 Å². The van der Waals surface area contributed by atoms with Gasteiger partial charge in [0.05, 0.1) is 5.56 Å². The third-order valence-electron chi connectivity index (χ3n) is 5.77. The van der Waals surface area contributed by atoms with Gasteiger partial charge in [0.25, 0.3) is 5.91 Å². The van der Waals surface area contributed by atoms with Crippen molar-refractivity contribution in [2.24, 2.45) is 0 Å². The first-order chi connectivity index (χ1) is 14.7. The van der Waals surface area contributed by atoms with E-state index in [4.69, 9.17) is 0 Å². The van der Waals surface area contributed by atoms with Crippen molar-refractivity contribution in [2.75, 3.05) is 10.2 Å². The molecule has 4 aromatic carbocycles. The minimum atomic E-state index is -0.269. The normalized spacial score (nSPS) is 15.7. The average molecular weight is 393 g/mol. The van der Waals surface area contributed by atoms with Crippen LogP contribution in [-0.4, -0.2) is 5.91 Å². The summed E-state index contributed by atoms with van der Waals surface area (Å²) >= 11 is 0. The number of carbonyl (C=O) groups excluding carboxylic acids is 1. The van der Waals surface area contributed by atoms with Crippen LogP contribution >= 0.6 is 0 Å². The van der Waals surface area contributed by atoms with E-state index in [1.807, 2.05) is 41.3 Å². The SMILES string of the molecule is CCCc1ccc(N2C(=O)c3ccccc3NC2c2ccc3ccccc3c2)cc1. The predicted octanol–water partition coefficient (Wildman–Crippen LogP) is 6.56. The maximum absolute atomic E-state index is 13.6. The van der Waals surface area contributed by atoms with E-state index < -0.39 is 0 Å². The van der Waals surface area contributed by atoms with Crippen LogP contribution < -0.4 is 10.2 Å². The summed E-state index contributed by atoms with van der Waals surface area (Å²) < 4.78 is 0. The van der Waals surface area contributed by atoms with Crippen molar-refractivity contribution in [3.05, 3.63) is 108 Å². The van der Waals surface area contributed by atoms with E-state index in [1.54, 1.807) is 0 Å². The number of hydrogen-bond donors (Lipinski definition) is 1. The fourth-order valence-corrected chi connectivity index (χ4v) is 4.24. The minimum Gasteiger partial charge on any atom is -0.360 e. The van der Waals surface area contributed by atoms with Crippen LogP contribution in [0.1, 0.15) is 41.0 Å². The van der Waals surface area contributed by atoms with Crippen molar-refractivity contribution in [3.63, 3.8) is 0 Å². The summed E-state index contributed by atoms with van der Waals surface area (Å²) in [6.07, 6.45) is 1.88. The molecule has 0 aromatic heterocycles. The molecule has 30 heavy (non-hydrogen) atoms. The van der Waals surface area contributed by atoms with E-state index in [9.17, 15) is 4.79 Å². The lowest BCUT2D eigenvalue weighted by Crippen LogP contribution is -2.43. The molecule has 0 saturated heterocycles. The van der Waals surface area contributed by atoms with Crippen molar-refractivity contribution in [2.45, 2.75) is 25.9 Å². The van der Waals surface area contributed by atoms with E-state index in [0.717, 1.165) is 29.8 Å². The Hall–Kier alpha value is -3.59. The first-order valence-electron chi connectivity index (χ1n) is 10.5. The van der Waals surface area contributed by atoms with Gasteiger partial charge in [-0.3, -0.25) is 9.69 Å². The third-order valence-corrected chi connectivity index (χ3v) is 5.77. The molecule has 1 N–H and O–H groups in total. The van der Waals surface area contributed by atoms with Crippen molar-refractivity contribution >= 4 is 28.1 Å². The number of carbonyl (C=O) groups is 1. The van der Waals surface area contributed by atoms with Gasteiger partial charge in [0.1, 0.15) is 6.17 Å². The zero-order chi connectivity index (χ0) is 20.5. The van der Waals surface area contributed by atoms with E-state index in [2.05, 4.69) is 66.8 Å². The Labute approximate surface area is 177 Å². The Balaban J connectivity index is 1.62. The number of hydrogen-bond acceptors (Lipinski definition) is 2. The van der Waals surface area contributed by atoms with E-state index in [-0.39, 0.29) is 12.1 Å². The van der Waals surface area contributed by atoms with Gasteiger partial charge in [-0.05, 0) is 58.7 Å². The number of aryl methyl sites for hydroxylation is 1. The second-order valence-corrected chi connectivity index (χ2v) is 7.79. The molecule has 148 valence electrons. The quantitative estimate of drug-likeness (QED) is 0.426. The van der Waals surface area contributed by atoms with Gasteiger partial charge in [0.15, 0.2) is 0 Å². The number of benzene rings is 4. The van der Waals surface area contributed by atoms with Gasteiger partial charge in [-0.2, -0.15) is 0 Å². The zero-order valence-electron chi connectivity index (χ0n) is 17.0. The second kappa shape index (κ2) is 7.68. The summed E-state index contributed by atoms with van der Waals surface area (Å²) in [6, 6.07) is 30.8. The highest BCUT2D eigenvalue weighted by molar-refractivity contribution is 6.12. The fourth-order valence-electron chi connectivity index (χ4n) is 4.24. The smallest absolute Gasteiger partial charge is 0.262 e. The molecule has 3 heteroatoms. The predicted molar refractivity (Wildman–Crippen MR) is 124 cm³/mol. The van der Waals surface area contributed by atoms with Crippen LogP contribution in [0.15, 0.2) is 91.0 Å². The standard InChI is InChI=1S/C27H24N2O/c1-2-7-19-12-16-23(17-13-19)29-26(28-25-11-6-5-10-24(25)27(29)30)22-15-14-20-8-3-4-9-21(20)18-22/h3-6,8-18,26,28H,2,7H2,1H3. The molecule has 0 bridgehead atoms. The second-order valence-electron chi connectivity index (χ2n) is 7.79. The van der Waals surface area contributed by atoms with Crippen molar-refractivity contribution in [1.29, 1.82) is 0 Å². The Bertz CT molecular complexity index is 1210. The first-order valence-corrected chi connectivity index (χ1v) is 10.5. The van der Waals surface area contributed by atoms with Crippen LogP contribution in [0.2, 0.25) is 0 Å². The van der Waals surface area contributed by atoms with Crippen LogP contribution in [0.25, 0.3) is 10.8 Å². The molecular formula is C27H24N2O. The van der Waals surface area contributed by atoms with Gasteiger partial charge in [0, 0.05) is 11.4 Å². The molecule has 1 amide bonds. The summed E-state index contributed by atoms with van der Waals surface area (Å²) in [5.41, 5.74) is 4.84. The van der Waals surface area contributed by atoms with Crippen LogP contribution in [0.4, 0.5) is 11.4 Å². The molecule has 1 aliphatic rings. The average Bonchev–Trinajstić information content (AvgIpc) is 2.80. The molecule has 0 fully saturated rings. The largest absolute Gasteiger partial charge is 0.360 e. The van der Waals surface area contributed by atoms with Gasteiger partial charge >= 0.3 is 0 Å². The number of para-hydroxylation sites is 1. The molecule has 3 nitrogen and oxygen atoms in total. The molecule has 1 unspecified atom stereocenters. The summed E-state index contributed by atoms with van der Waals surface area (Å²) in [6.45, 7) is 2.18. The first kappa shape index (κ1) is 18.4. The van der Waals surface area contributed by atoms with Crippen molar-refractivity contribution in [3.8, 4) is 0 Å². The summed E-state index contributed by atoms with van der Waals surface area (Å²) in [7, 11) is 0. The summed E-state index contributed by atoms with van der Waals surface area (Å²) in [4.78, 5) is 15.4. The molecule has 1 heterocycles. The molecule has 1 atom stereocenters. The van der Waals surface area contributed by atoms with Crippen LogP contribution in [0.5, 0.6) is 0 Å². The number of amides is 1. The lowest BCUT2D eigenvalue weighted by atomic mass is 9.99. The maximum atomic E-state index is 13.6. The molecule has 0 saturated carbocycles. The van der Waals surface area contributed by atoms with Crippen LogP contribution in [-0.2, 0) is 6.42 Å². The molecule has 4 aromatic rings. The summed E-state index contributed by atoms with van der Waals surface area (Å²) in [5.74, 6) is 0.0192. The zero-order valence-corrected chi connectivity index (χ0v) is 17.0. The number of nitrogens with zero attached hydrogens (tertiary/aromatic N) is 1. The molecule has 0 aliphatic carbocycles. The number of anilines is 2. The Kier molecular flexibility index (Phi) is 4.72. The highest BCUT2D eigenvalue weighted by Crippen LogP contribution is 2.37. The molecule has 0 spiro atoms. The van der Waals surface area contributed by atoms with E-state index >= 15 is 0 Å². The monoisotopic (exact) mass is 392 g/mol. The number of rotatable bonds is 4. The minimum absolute atomic E-state index is 0.0192. The van der Waals surface area contributed by atoms with Gasteiger partial charge in [-0.25, -0.2) is 0 Å². The van der Waals surface area contributed by atoms with Gasteiger partial charge in [-0.1, -0.05) is 74.0 Å². The fraction of sp³-hybridized carbons (Fsp3) is 0.148. The maximum Gasteiger partial charge on any atom is 0.262 e. The van der Waals surface area contributed by atoms with Gasteiger partial charge in [-0.15, -0.1) is 0 Å². The van der Waals surface area contributed by atoms with Gasteiger partial charge in [0.2, 0.25) is 0 Å². The number of fused-ring (bicyclic) bond motifs is 2. The highest BCUT2D eigenvalue weighted by atomic mass is 16.2. The van der Waals surface area contributed by atoms with Crippen LogP contribution in [0, 0.1) is 0 Å². The highest BCUT2D eigenvalue weighted by Gasteiger charge is 2.34. The molecule has 5 rings (SSSR count). The topological polar surface area (TPSA) is 32.3 Å². The Morgan fingerprint density at radius 1 is 0.833 bits per heavy atom. The van der Waals surface area contributed by atoms with Gasteiger partial charge < -0.3 is 5.32 Å². The lowest BCUT2D eigenvalue weighted by molar-refractivity contribution is 0.0975. The lowest BCUT2D eigenvalue weighted by Gasteiger charge is -2.38. The molecule has 0 radical (unpaired) electrons. The number of nitrogens with one attached hydrogen (secondary N) is 1.